The van der Waals surface area contributed by atoms with Crippen molar-refractivity contribution in [3.63, 3.8) is 0 Å². The standard InChI is InChI=1S/C11H9BrClNO2S2/c1-7-2-3-9(8(13)6-7)14-18(15,16)11-5-4-10(12)17-11/h2-6,14H,1H3. The molecule has 0 aliphatic carbocycles. The third-order valence-electron chi connectivity index (χ3n) is 2.18. The summed E-state index contributed by atoms with van der Waals surface area (Å²) in [4.78, 5) is 0. The first-order valence-electron chi connectivity index (χ1n) is 4.93. The van der Waals surface area contributed by atoms with E-state index in [0.29, 0.717) is 10.7 Å². The SMILES string of the molecule is Cc1ccc(NS(=O)(=O)c2ccc(Br)s2)c(Cl)c1. The van der Waals surface area contributed by atoms with Gasteiger partial charge < -0.3 is 0 Å². The molecule has 18 heavy (non-hydrogen) atoms. The van der Waals surface area contributed by atoms with Gasteiger partial charge in [0.1, 0.15) is 4.21 Å². The van der Waals surface area contributed by atoms with Gasteiger partial charge in [-0.25, -0.2) is 8.42 Å². The lowest BCUT2D eigenvalue weighted by atomic mass is 10.2. The number of halogens is 2. The minimum atomic E-state index is -3.57. The Hall–Kier alpha value is -0.560. The van der Waals surface area contributed by atoms with Crippen LogP contribution >= 0.6 is 38.9 Å². The zero-order chi connectivity index (χ0) is 13.3. The van der Waals surface area contributed by atoms with Crippen LogP contribution in [0.1, 0.15) is 5.56 Å². The minimum Gasteiger partial charge on any atom is -0.277 e. The predicted octanol–water partition coefficient (Wildman–Crippen LogP) is 4.27. The highest BCUT2D eigenvalue weighted by Gasteiger charge is 2.17. The fraction of sp³-hybridized carbons (Fsp3) is 0.0909. The van der Waals surface area contributed by atoms with Crippen LogP contribution in [0.25, 0.3) is 0 Å². The van der Waals surface area contributed by atoms with E-state index in [0.717, 1.165) is 20.7 Å². The number of aryl methyl sites for hydroxylation is 1. The lowest BCUT2D eigenvalue weighted by Crippen LogP contribution is -2.11. The molecule has 0 saturated carbocycles. The van der Waals surface area contributed by atoms with Crippen molar-refractivity contribution in [1.29, 1.82) is 0 Å². The molecule has 0 atom stereocenters. The highest BCUT2D eigenvalue weighted by Crippen LogP contribution is 2.30. The molecule has 0 aliphatic rings. The maximum Gasteiger partial charge on any atom is 0.271 e. The zero-order valence-electron chi connectivity index (χ0n) is 9.28. The van der Waals surface area contributed by atoms with Gasteiger partial charge in [0.2, 0.25) is 0 Å². The molecule has 2 rings (SSSR count). The fourth-order valence-corrected chi connectivity index (χ4v) is 4.77. The Labute approximate surface area is 123 Å². The monoisotopic (exact) mass is 365 g/mol. The average molecular weight is 367 g/mol. The molecule has 0 bridgehead atoms. The van der Waals surface area contributed by atoms with Gasteiger partial charge in [-0.2, -0.15) is 0 Å². The third kappa shape index (κ3) is 3.06. The molecule has 0 unspecified atom stereocenters. The number of anilines is 1. The van der Waals surface area contributed by atoms with Crippen molar-refractivity contribution in [2.24, 2.45) is 0 Å². The Bertz CT molecular complexity index is 682. The molecule has 7 heteroatoms. The summed E-state index contributed by atoms with van der Waals surface area (Å²) >= 11 is 10.4. The van der Waals surface area contributed by atoms with Gasteiger partial charge in [0.15, 0.2) is 0 Å². The molecule has 3 nitrogen and oxygen atoms in total. The lowest BCUT2D eigenvalue weighted by molar-refractivity contribution is 0.603. The summed E-state index contributed by atoms with van der Waals surface area (Å²) in [6, 6.07) is 8.39. The average Bonchev–Trinajstić information content (AvgIpc) is 2.70. The molecule has 0 aliphatic heterocycles. The molecule has 2 aromatic rings. The molecular weight excluding hydrogens is 358 g/mol. The predicted molar refractivity (Wildman–Crippen MR) is 79.0 cm³/mol. The first kappa shape index (κ1) is 13.9. The number of thiophene rings is 1. The highest BCUT2D eigenvalue weighted by atomic mass is 79.9. The third-order valence-corrected chi connectivity index (χ3v) is 5.98. The van der Waals surface area contributed by atoms with Gasteiger partial charge in [0, 0.05) is 0 Å². The van der Waals surface area contributed by atoms with Crippen molar-refractivity contribution in [2.75, 3.05) is 4.72 Å². The second kappa shape index (κ2) is 5.21. The molecule has 1 heterocycles. The Kier molecular flexibility index (Phi) is 4.01. The summed E-state index contributed by atoms with van der Waals surface area (Å²) in [5.41, 5.74) is 1.36. The summed E-state index contributed by atoms with van der Waals surface area (Å²) in [5, 5.41) is 0.384. The van der Waals surface area contributed by atoms with E-state index in [9.17, 15) is 8.42 Å². The second-order valence-electron chi connectivity index (χ2n) is 3.65. The van der Waals surface area contributed by atoms with Crippen molar-refractivity contribution in [3.05, 3.63) is 44.7 Å². The van der Waals surface area contributed by atoms with Gasteiger partial charge in [-0.3, -0.25) is 4.72 Å². The van der Waals surface area contributed by atoms with Gasteiger partial charge in [0.25, 0.3) is 10.0 Å². The van der Waals surface area contributed by atoms with Gasteiger partial charge in [-0.05, 0) is 52.7 Å². The summed E-state index contributed by atoms with van der Waals surface area (Å²) in [7, 11) is -3.57. The van der Waals surface area contributed by atoms with Crippen molar-refractivity contribution < 1.29 is 8.42 Å². The highest BCUT2D eigenvalue weighted by molar-refractivity contribution is 9.11. The van der Waals surface area contributed by atoms with Gasteiger partial charge in [0.05, 0.1) is 14.5 Å². The maximum absolute atomic E-state index is 12.1. The number of hydrogen-bond donors (Lipinski definition) is 1. The second-order valence-corrected chi connectivity index (χ2v) is 8.43. The van der Waals surface area contributed by atoms with Crippen LogP contribution in [0, 0.1) is 6.92 Å². The molecule has 96 valence electrons. The van der Waals surface area contributed by atoms with Crippen LogP contribution in [0.3, 0.4) is 0 Å². The van der Waals surface area contributed by atoms with E-state index < -0.39 is 10.0 Å². The quantitative estimate of drug-likeness (QED) is 0.881. The Morgan fingerprint density at radius 2 is 2.00 bits per heavy atom. The van der Waals surface area contributed by atoms with E-state index in [2.05, 4.69) is 20.7 Å². The summed E-state index contributed by atoms with van der Waals surface area (Å²) in [5.74, 6) is 0. The van der Waals surface area contributed by atoms with E-state index in [1.807, 2.05) is 6.92 Å². The zero-order valence-corrected chi connectivity index (χ0v) is 13.3. The number of nitrogens with one attached hydrogen (secondary N) is 1. The number of rotatable bonds is 3. The van der Waals surface area contributed by atoms with E-state index in [4.69, 9.17) is 11.6 Å². The lowest BCUT2D eigenvalue weighted by Gasteiger charge is -2.08. The first-order valence-corrected chi connectivity index (χ1v) is 8.40. The van der Waals surface area contributed by atoms with Crippen molar-refractivity contribution in [3.8, 4) is 0 Å². The van der Waals surface area contributed by atoms with Crippen LogP contribution < -0.4 is 4.72 Å². The molecule has 1 N–H and O–H groups in total. The fourth-order valence-electron chi connectivity index (χ4n) is 1.34. The van der Waals surface area contributed by atoms with E-state index in [-0.39, 0.29) is 4.21 Å². The van der Waals surface area contributed by atoms with E-state index in [1.165, 1.54) is 0 Å². The molecular formula is C11H9BrClNO2S2. The molecule has 0 radical (unpaired) electrons. The molecule has 0 spiro atoms. The van der Waals surface area contributed by atoms with Gasteiger partial charge in [-0.1, -0.05) is 17.7 Å². The topological polar surface area (TPSA) is 46.2 Å². The number of sulfonamides is 1. The van der Waals surface area contributed by atoms with Crippen LogP contribution in [0.15, 0.2) is 38.3 Å². The summed E-state index contributed by atoms with van der Waals surface area (Å²) in [6.07, 6.45) is 0. The Morgan fingerprint density at radius 1 is 1.28 bits per heavy atom. The van der Waals surface area contributed by atoms with E-state index in [1.54, 1.807) is 30.3 Å². The molecule has 0 fully saturated rings. The molecule has 1 aromatic carbocycles. The van der Waals surface area contributed by atoms with Crippen molar-refractivity contribution in [1.82, 2.24) is 0 Å². The molecule has 0 amide bonds. The summed E-state index contributed by atoms with van der Waals surface area (Å²) < 4.78 is 27.6. The number of benzene rings is 1. The van der Waals surface area contributed by atoms with Gasteiger partial charge >= 0.3 is 0 Å². The van der Waals surface area contributed by atoms with Crippen LogP contribution in [-0.2, 0) is 10.0 Å². The number of hydrogen-bond acceptors (Lipinski definition) is 3. The normalized spacial score (nSPS) is 11.5. The first-order chi connectivity index (χ1) is 8.38. The van der Waals surface area contributed by atoms with Crippen LogP contribution in [0.5, 0.6) is 0 Å². The van der Waals surface area contributed by atoms with E-state index >= 15 is 0 Å². The van der Waals surface area contributed by atoms with Crippen LogP contribution in [-0.4, -0.2) is 8.42 Å². The smallest absolute Gasteiger partial charge is 0.271 e. The largest absolute Gasteiger partial charge is 0.277 e. The van der Waals surface area contributed by atoms with Crippen LogP contribution in [0.2, 0.25) is 5.02 Å². The minimum absolute atomic E-state index is 0.242. The summed E-state index contributed by atoms with van der Waals surface area (Å²) in [6.45, 7) is 1.89. The van der Waals surface area contributed by atoms with Gasteiger partial charge in [-0.15, -0.1) is 11.3 Å². The maximum atomic E-state index is 12.1. The molecule has 1 aromatic heterocycles. The van der Waals surface area contributed by atoms with Crippen LogP contribution in [0.4, 0.5) is 5.69 Å². The van der Waals surface area contributed by atoms with Crippen molar-refractivity contribution in [2.45, 2.75) is 11.1 Å². The van der Waals surface area contributed by atoms with Crippen molar-refractivity contribution >= 4 is 54.6 Å². The Balaban J connectivity index is 2.33. The molecule has 0 saturated heterocycles. The Morgan fingerprint density at radius 3 is 2.56 bits per heavy atom.